The normalized spacial score (nSPS) is 9.29. The van der Waals surface area contributed by atoms with Gasteiger partial charge in [-0.1, -0.05) is 9.05 Å². The van der Waals surface area contributed by atoms with Gasteiger partial charge in [-0.05, 0) is 0 Å². The second kappa shape index (κ2) is 7.37. The van der Waals surface area contributed by atoms with Gasteiger partial charge in [-0.15, -0.1) is 0 Å². The number of hydrogen-bond donors (Lipinski definition) is 2. The summed E-state index contributed by atoms with van der Waals surface area (Å²) in [6, 6.07) is 0. The molecule has 0 aromatic rings. The maximum absolute atomic E-state index is 10.8. The molecule has 0 spiro atoms. The van der Waals surface area contributed by atoms with E-state index >= 15 is 0 Å². The zero-order chi connectivity index (χ0) is 11.0. The molecule has 14 heavy (non-hydrogen) atoms. The lowest BCUT2D eigenvalue weighted by Crippen LogP contribution is -2.23. The zero-order valence-electron chi connectivity index (χ0n) is 7.90. The summed E-state index contributed by atoms with van der Waals surface area (Å²) in [6.45, 7) is 2.22. The minimum atomic E-state index is -2.32. The molecule has 0 bridgehead atoms. The SMILES string of the molecule is CC(=O)NCO[P+](=O)OCNC(C)=O. The predicted molar refractivity (Wildman–Crippen MR) is 47.1 cm³/mol. The van der Waals surface area contributed by atoms with Crippen molar-refractivity contribution in [1.82, 2.24) is 10.6 Å². The van der Waals surface area contributed by atoms with Crippen LogP contribution in [0.2, 0.25) is 0 Å². The summed E-state index contributed by atoms with van der Waals surface area (Å²) in [5.41, 5.74) is 0. The van der Waals surface area contributed by atoms with E-state index in [2.05, 4.69) is 19.7 Å². The van der Waals surface area contributed by atoms with Crippen LogP contribution in [0.4, 0.5) is 0 Å². The van der Waals surface area contributed by atoms with Crippen LogP contribution in [0.15, 0.2) is 0 Å². The van der Waals surface area contributed by atoms with Crippen LogP contribution >= 0.6 is 8.25 Å². The van der Waals surface area contributed by atoms with E-state index in [1.807, 2.05) is 0 Å². The van der Waals surface area contributed by atoms with Crippen LogP contribution in [0.25, 0.3) is 0 Å². The summed E-state index contributed by atoms with van der Waals surface area (Å²) in [6.07, 6.45) is 0. The molecule has 0 saturated carbocycles. The molecule has 0 aromatic heterocycles. The van der Waals surface area contributed by atoms with Gasteiger partial charge in [0.2, 0.25) is 11.8 Å². The van der Waals surface area contributed by atoms with Crippen molar-refractivity contribution in [3.05, 3.63) is 0 Å². The molecule has 0 unspecified atom stereocenters. The van der Waals surface area contributed by atoms with Crippen molar-refractivity contribution in [3.63, 3.8) is 0 Å². The third kappa shape index (κ3) is 9.05. The molecule has 0 saturated heterocycles. The lowest BCUT2D eigenvalue weighted by Gasteiger charge is -1.95. The van der Waals surface area contributed by atoms with E-state index in [9.17, 15) is 14.2 Å². The fourth-order valence-electron chi connectivity index (χ4n) is 0.410. The summed E-state index contributed by atoms with van der Waals surface area (Å²) in [5.74, 6) is -0.592. The molecule has 0 aliphatic heterocycles. The second-order valence-corrected chi connectivity index (χ2v) is 3.20. The van der Waals surface area contributed by atoms with E-state index in [1.54, 1.807) is 0 Å². The van der Waals surface area contributed by atoms with E-state index in [0.717, 1.165) is 0 Å². The number of nitrogens with one attached hydrogen (secondary N) is 2. The Balaban J connectivity index is 3.37. The van der Waals surface area contributed by atoms with Crippen molar-refractivity contribution >= 4 is 20.1 Å². The molecule has 0 radical (unpaired) electrons. The van der Waals surface area contributed by atoms with Crippen molar-refractivity contribution in [2.45, 2.75) is 13.8 Å². The summed E-state index contributed by atoms with van der Waals surface area (Å²) < 4.78 is 19.9. The van der Waals surface area contributed by atoms with Gasteiger partial charge in [0, 0.05) is 18.4 Å². The van der Waals surface area contributed by atoms with Crippen LogP contribution in [0.3, 0.4) is 0 Å². The highest BCUT2D eigenvalue weighted by molar-refractivity contribution is 7.33. The predicted octanol–water partition coefficient (Wildman–Crippen LogP) is -0.136. The van der Waals surface area contributed by atoms with E-state index in [0.29, 0.717) is 0 Å². The molecule has 0 rings (SSSR count). The van der Waals surface area contributed by atoms with Gasteiger partial charge in [0.25, 0.3) is 0 Å². The van der Waals surface area contributed by atoms with Crippen molar-refractivity contribution in [3.8, 4) is 0 Å². The molecule has 2 N–H and O–H groups in total. The van der Waals surface area contributed by atoms with Gasteiger partial charge in [-0.3, -0.25) is 9.59 Å². The lowest BCUT2D eigenvalue weighted by atomic mass is 10.7. The average Bonchev–Trinajstić information content (AvgIpc) is 2.02. The fraction of sp³-hybridized carbons (Fsp3) is 0.667. The molecule has 8 heteroatoms. The van der Waals surface area contributed by atoms with Gasteiger partial charge in [0.15, 0.2) is 13.5 Å². The lowest BCUT2D eigenvalue weighted by molar-refractivity contribution is -0.120. The van der Waals surface area contributed by atoms with Gasteiger partial charge >= 0.3 is 8.25 Å². The van der Waals surface area contributed by atoms with E-state index in [4.69, 9.17) is 0 Å². The van der Waals surface area contributed by atoms with Gasteiger partial charge in [0.05, 0.1) is 0 Å². The third-order valence-electron chi connectivity index (χ3n) is 0.982. The summed E-state index contributed by atoms with van der Waals surface area (Å²) in [5, 5.41) is 4.53. The van der Waals surface area contributed by atoms with Crippen LogP contribution < -0.4 is 10.6 Å². The fourth-order valence-corrected chi connectivity index (χ4v) is 0.825. The molecule has 0 aliphatic rings. The molecule has 7 nitrogen and oxygen atoms in total. The van der Waals surface area contributed by atoms with E-state index < -0.39 is 8.25 Å². The molecule has 2 amide bonds. The Labute approximate surface area is 82.1 Å². The topological polar surface area (TPSA) is 93.7 Å². The van der Waals surface area contributed by atoms with Crippen LogP contribution in [-0.4, -0.2) is 25.3 Å². The Hall–Kier alpha value is -1.04. The summed E-state index contributed by atoms with van der Waals surface area (Å²) in [4.78, 5) is 20.7. The standard InChI is InChI=1S/C6H11N2O5P/c1-5(9)7-3-12-14(11)13-4-8-6(2)10/h3-4H2,1-2H3,(H-,7,8,9,10)/p+1. The second-order valence-electron chi connectivity index (χ2n) is 2.24. The largest absolute Gasteiger partial charge is 0.701 e. The maximum atomic E-state index is 10.8. The highest BCUT2D eigenvalue weighted by Gasteiger charge is 2.19. The van der Waals surface area contributed by atoms with Crippen molar-refractivity contribution in [1.29, 1.82) is 0 Å². The van der Waals surface area contributed by atoms with Crippen molar-refractivity contribution in [2.24, 2.45) is 0 Å². The van der Waals surface area contributed by atoms with Crippen molar-refractivity contribution in [2.75, 3.05) is 13.5 Å². The number of hydrogen-bond acceptors (Lipinski definition) is 5. The highest BCUT2D eigenvalue weighted by Crippen LogP contribution is 2.21. The van der Waals surface area contributed by atoms with Crippen molar-refractivity contribution < 1.29 is 23.2 Å². The molecule has 0 atom stereocenters. The number of amides is 2. The van der Waals surface area contributed by atoms with Gasteiger partial charge in [-0.25, -0.2) is 0 Å². The van der Waals surface area contributed by atoms with Gasteiger partial charge in [0.1, 0.15) is 0 Å². The Morgan fingerprint density at radius 1 is 1.07 bits per heavy atom. The Morgan fingerprint density at radius 2 is 1.43 bits per heavy atom. The molecule has 0 fully saturated rings. The van der Waals surface area contributed by atoms with Gasteiger partial charge in [-0.2, -0.15) is 0 Å². The van der Waals surface area contributed by atoms with Crippen LogP contribution in [0, 0.1) is 0 Å². The van der Waals surface area contributed by atoms with Crippen LogP contribution in [-0.2, 0) is 23.2 Å². The molecular formula is C6H12N2O5P+. The first-order valence-electron chi connectivity index (χ1n) is 3.74. The number of carbonyl (C=O) groups is 2. The molecule has 0 heterocycles. The highest BCUT2D eigenvalue weighted by atomic mass is 31.1. The molecule has 80 valence electrons. The van der Waals surface area contributed by atoms with Crippen LogP contribution in [0.1, 0.15) is 13.8 Å². The molecule has 0 aliphatic carbocycles. The minimum absolute atomic E-state index is 0.190. The quantitative estimate of drug-likeness (QED) is 0.483. The van der Waals surface area contributed by atoms with E-state index in [1.165, 1.54) is 13.8 Å². The smallest absolute Gasteiger partial charge is 0.329 e. The first kappa shape index (κ1) is 13.0. The monoisotopic (exact) mass is 223 g/mol. The summed E-state index contributed by atoms with van der Waals surface area (Å²) >= 11 is 0. The van der Waals surface area contributed by atoms with Gasteiger partial charge < -0.3 is 10.6 Å². The summed E-state index contributed by atoms with van der Waals surface area (Å²) in [7, 11) is -2.32. The zero-order valence-corrected chi connectivity index (χ0v) is 8.80. The third-order valence-corrected chi connectivity index (χ3v) is 1.66. The Morgan fingerprint density at radius 3 is 1.71 bits per heavy atom. The Bertz CT molecular complexity index is 210. The minimum Gasteiger partial charge on any atom is -0.329 e. The first-order valence-corrected chi connectivity index (χ1v) is 4.84. The van der Waals surface area contributed by atoms with Crippen LogP contribution in [0.5, 0.6) is 0 Å². The number of rotatable bonds is 6. The number of carbonyl (C=O) groups excluding carboxylic acids is 2. The maximum Gasteiger partial charge on any atom is 0.701 e. The van der Waals surface area contributed by atoms with E-state index in [-0.39, 0.29) is 25.3 Å². The first-order chi connectivity index (χ1) is 6.52. The average molecular weight is 223 g/mol. The molecular weight excluding hydrogens is 211 g/mol. The Kier molecular flexibility index (Phi) is 6.82. The molecule has 0 aromatic carbocycles.